The van der Waals surface area contributed by atoms with E-state index in [0.717, 1.165) is 6.07 Å². The molecule has 2 heterocycles. The van der Waals surface area contributed by atoms with Crippen molar-refractivity contribution in [3.63, 3.8) is 0 Å². The van der Waals surface area contributed by atoms with E-state index in [9.17, 15) is 18.0 Å². The molecule has 2 fully saturated rings. The molecule has 1 aromatic heterocycles. The topological polar surface area (TPSA) is 40.5 Å². The summed E-state index contributed by atoms with van der Waals surface area (Å²) in [5.74, 6) is -0.582. The van der Waals surface area contributed by atoms with Gasteiger partial charge in [0.2, 0.25) is 0 Å². The number of ether oxygens (including phenoxy) is 2. The Morgan fingerprint density at radius 2 is 1.81 bits per heavy atom. The second-order valence-electron chi connectivity index (χ2n) is 5.47. The fraction of sp³-hybridized carbons (Fsp3) is 0.643. The average molecular weight is 303 g/mol. The molecule has 0 amide bonds. The molecule has 2 aliphatic rings. The van der Waals surface area contributed by atoms with Crippen molar-refractivity contribution in [1.29, 1.82) is 0 Å². The highest BCUT2D eigenvalue weighted by molar-refractivity contribution is 5.14. The van der Waals surface area contributed by atoms with Crippen LogP contribution in [0.25, 0.3) is 0 Å². The predicted molar refractivity (Wildman–Crippen MR) is 67.8 cm³/mol. The predicted octanol–water partition coefficient (Wildman–Crippen LogP) is 2.73. The molecular weight excluding hydrogens is 287 g/mol. The molecule has 4 nitrogen and oxygen atoms in total. The molecular formula is C14H16F3NO3. The molecule has 0 radical (unpaired) electrons. The Balaban J connectivity index is 1.81. The first kappa shape index (κ1) is 14.6. The van der Waals surface area contributed by atoms with E-state index in [2.05, 4.69) is 0 Å². The van der Waals surface area contributed by atoms with Gasteiger partial charge in [-0.1, -0.05) is 0 Å². The van der Waals surface area contributed by atoms with Crippen molar-refractivity contribution in [1.82, 2.24) is 4.57 Å². The van der Waals surface area contributed by atoms with Crippen LogP contribution in [0.15, 0.2) is 23.1 Å². The molecule has 1 saturated carbocycles. The monoisotopic (exact) mass is 303 g/mol. The molecule has 1 saturated heterocycles. The summed E-state index contributed by atoms with van der Waals surface area (Å²) in [6.45, 7) is 1.10. The number of nitrogens with zero attached hydrogens (tertiary/aromatic N) is 1. The number of aromatic nitrogens is 1. The number of hydrogen-bond donors (Lipinski definition) is 0. The van der Waals surface area contributed by atoms with Crippen LogP contribution in [-0.4, -0.2) is 23.6 Å². The van der Waals surface area contributed by atoms with Crippen molar-refractivity contribution < 1.29 is 22.6 Å². The lowest BCUT2D eigenvalue weighted by molar-refractivity contribution is -0.181. The van der Waals surface area contributed by atoms with E-state index in [4.69, 9.17) is 9.47 Å². The molecule has 116 valence electrons. The Labute approximate surface area is 119 Å². The second kappa shape index (κ2) is 5.14. The van der Waals surface area contributed by atoms with E-state index < -0.39 is 23.1 Å². The second-order valence-corrected chi connectivity index (χ2v) is 5.47. The quantitative estimate of drug-likeness (QED) is 0.801. The van der Waals surface area contributed by atoms with Gasteiger partial charge in [0.1, 0.15) is 5.56 Å². The number of hydrogen-bond acceptors (Lipinski definition) is 3. The highest BCUT2D eigenvalue weighted by Crippen LogP contribution is 2.40. The SMILES string of the molecule is O=c1c(C(F)(F)F)cccn1C1CCC2(CC1)OCCO2. The summed E-state index contributed by atoms with van der Waals surface area (Å²) in [5.41, 5.74) is -2.09. The highest BCUT2D eigenvalue weighted by atomic mass is 19.4. The molecule has 21 heavy (non-hydrogen) atoms. The van der Waals surface area contributed by atoms with Crippen LogP contribution in [0.1, 0.15) is 37.3 Å². The van der Waals surface area contributed by atoms with Gasteiger partial charge >= 0.3 is 6.18 Å². The van der Waals surface area contributed by atoms with Gasteiger partial charge in [-0.25, -0.2) is 0 Å². The normalized spacial score (nSPS) is 22.8. The molecule has 1 aliphatic heterocycles. The van der Waals surface area contributed by atoms with Crippen LogP contribution in [0.2, 0.25) is 0 Å². The minimum absolute atomic E-state index is 0.238. The van der Waals surface area contributed by atoms with Crippen LogP contribution >= 0.6 is 0 Å². The first-order valence-corrected chi connectivity index (χ1v) is 6.98. The molecule has 0 unspecified atom stereocenters. The van der Waals surface area contributed by atoms with Gasteiger partial charge in [-0.15, -0.1) is 0 Å². The lowest BCUT2D eigenvalue weighted by Gasteiger charge is -2.36. The van der Waals surface area contributed by atoms with E-state index in [1.54, 1.807) is 0 Å². The van der Waals surface area contributed by atoms with Gasteiger partial charge in [0.05, 0.1) is 13.2 Å². The molecule has 0 atom stereocenters. The summed E-state index contributed by atoms with van der Waals surface area (Å²) in [5, 5.41) is 0. The van der Waals surface area contributed by atoms with Crippen LogP contribution in [0.3, 0.4) is 0 Å². The minimum Gasteiger partial charge on any atom is -0.348 e. The fourth-order valence-electron chi connectivity index (χ4n) is 3.12. The zero-order chi connectivity index (χ0) is 15.1. The van der Waals surface area contributed by atoms with Gasteiger partial charge in [-0.3, -0.25) is 4.79 Å². The summed E-state index contributed by atoms with van der Waals surface area (Å²) in [6, 6.07) is 1.86. The Kier molecular flexibility index (Phi) is 3.57. The van der Waals surface area contributed by atoms with Crippen molar-refractivity contribution >= 4 is 0 Å². The number of pyridine rings is 1. The summed E-state index contributed by atoms with van der Waals surface area (Å²) < 4.78 is 50.7. The summed E-state index contributed by atoms with van der Waals surface area (Å²) >= 11 is 0. The number of alkyl halides is 3. The first-order chi connectivity index (χ1) is 9.91. The third kappa shape index (κ3) is 2.72. The zero-order valence-electron chi connectivity index (χ0n) is 11.4. The Morgan fingerprint density at radius 3 is 2.38 bits per heavy atom. The molecule has 3 rings (SSSR count). The Morgan fingerprint density at radius 1 is 1.19 bits per heavy atom. The Bertz CT molecular complexity index is 566. The first-order valence-electron chi connectivity index (χ1n) is 6.98. The molecule has 1 spiro atoms. The smallest absolute Gasteiger partial charge is 0.348 e. The van der Waals surface area contributed by atoms with E-state index in [1.165, 1.54) is 16.8 Å². The summed E-state index contributed by atoms with van der Waals surface area (Å²) in [6.07, 6.45) is -0.854. The van der Waals surface area contributed by atoms with Crippen molar-refractivity contribution in [2.45, 2.75) is 43.7 Å². The van der Waals surface area contributed by atoms with Crippen LogP contribution in [-0.2, 0) is 15.7 Å². The Hall–Kier alpha value is -1.34. The maximum Gasteiger partial charge on any atom is 0.421 e. The third-order valence-electron chi connectivity index (χ3n) is 4.20. The van der Waals surface area contributed by atoms with Gasteiger partial charge < -0.3 is 14.0 Å². The lowest BCUT2D eigenvalue weighted by atomic mass is 9.89. The van der Waals surface area contributed by atoms with Crippen molar-refractivity contribution in [2.24, 2.45) is 0 Å². The van der Waals surface area contributed by atoms with E-state index in [1.807, 2.05) is 0 Å². The molecule has 1 aromatic rings. The largest absolute Gasteiger partial charge is 0.421 e. The van der Waals surface area contributed by atoms with Gasteiger partial charge in [-0.2, -0.15) is 13.2 Å². The van der Waals surface area contributed by atoms with E-state index in [0.29, 0.717) is 38.9 Å². The standard InChI is InChI=1S/C14H16F3NO3/c15-14(16,17)11-2-1-7-18(12(11)19)10-3-5-13(6-4-10)20-8-9-21-13/h1-2,7,10H,3-6,8-9H2. The molecule has 1 aliphatic carbocycles. The van der Waals surface area contributed by atoms with Gasteiger partial charge in [-0.05, 0) is 25.0 Å². The van der Waals surface area contributed by atoms with Gasteiger partial charge in [0.15, 0.2) is 5.79 Å². The summed E-state index contributed by atoms with van der Waals surface area (Å²) in [4.78, 5) is 12.0. The van der Waals surface area contributed by atoms with Crippen LogP contribution < -0.4 is 5.56 Å². The van der Waals surface area contributed by atoms with Crippen LogP contribution in [0.5, 0.6) is 0 Å². The number of rotatable bonds is 1. The minimum atomic E-state index is -4.62. The lowest BCUT2D eigenvalue weighted by Crippen LogP contribution is -2.38. The van der Waals surface area contributed by atoms with Gasteiger partial charge in [0, 0.05) is 25.1 Å². The van der Waals surface area contributed by atoms with Gasteiger partial charge in [0.25, 0.3) is 5.56 Å². The fourth-order valence-corrected chi connectivity index (χ4v) is 3.12. The maximum absolute atomic E-state index is 12.8. The molecule has 0 N–H and O–H groups in total. The van der Waals surface area contributed by atoms with E-state index in [-0.39, 0.29) is 6.04 Å². The van der Waals surface area contributed by atoms with Crippen LogP contribution in [0, 0.1) is 0 Å². The maximum atomic E-state index is 12.8. The number of halogens is 3. The third-order valence-corrected chi connectivity index (χ3v) is 4.20. The zero-order valence-corrected chi connectivity index (χ0v) is 11.4. The molecule has 0 bridgehead atoms. The van der Waals surface area contributed by atoms with Crippen molar-refractivity contribution in [3.05, 3.63) is 34.2 Å². The highest BCUT2D eigenvalue weighted by Gasteiger charge is 2.41. The van der Waals surface area contributed by atoms with Crippen molar-refractivity contribution in [3.8, 4) is 0 Å². The molecule has 7 heteroatoms. The van der Waals surface area contributed by atoms with E-state index >= 15 is 0 Å². The van der Waals surface area contributed by atoms with Crippen molar-refractivity contribution in [2.75, 3.05) is 13.2 Å². The summed E-state index contributed by atoms with van der Waals surface area (Å²) in [7, 11) is 0. The molecule has 0 aromatic carbocycles. The van der Waals surface area contributed by atoms with Crippen LogP contribution in [0.4, 0.5) is 13.2 Å². The average Bonchev–Trinajstić information content (AvgIpc) is 2.87.